The Kier molecular flexibility index (Phi) is 6.70. The van der Waals surface area contributed by atoms with Gasteiger partial charge < -0.3 is 15.0 Å². The van der Waals surface area contributed by atoms with E-state index in [-0.39, 0.29) is 18.5 Å². The van der Waals surface area contributed by atoms with Crippen LogP contribution in [0.25, 0.3) is 0 Å². The lowest BCUT2D eigenvalue weighted by Crippen LogP contribution is -2.39. The lowest BCUT2D eigenvalue weighted by Gasteiger charge is -2.29. The van der Waals surface area contributed by atoms with E-state index in [1.54, 1.807) is 24.3 Å². The fourth-order valence-corrected chi connectivity index (χ4v) is 3.47. The molecule has 1 heterocycles. The lowest BCUT2D eigenvalue weighted by atomic mass is 10.1. The molecule has 3 nitrogen and oxygen atoms in total. The second-order valence-corrected chi connectivity index (χ2v) is 7.38. The monoisotopic (exact) mass is 412 g/mol. The van der Waals surface area contributed by atoms with Crippen LogP contribution in [-0.4, -0.2) is 29.3 Å². The molecule has 0 aliphatic carbocycles. The van der Waals surface area contributed by atoms with Crippen molar-refractivity contribution in [3.63, 3.8) is 0 Å². The number of hydrogen-bond donors (Lipinski definition) is 1. The third-order valence-corrected chi connectivity index (χ3v) is 5.21. The zero-order chi connectivity index (χ0) is 18.5. The average Bonchev–Trinajstić information content (AvgIpc) is 3.12. The minimum atomic E-state index is -0.343. The van der Waals surface area contributed by atoms with Crippen molar-refractivity contribution in [1.29, 1.82) is 0 Å². The summed E-state index contributed by atoms with van der Waals surface area (Å²) in [5, 5.41) is 4.70. The molecule has 0 saturated carbocycles. The predicted molar refractivity (Wildman–Crippen MR) is 108 cm³/mol. The molecule has 2 aromatic rings. The van der Waals surface area contributed by atoms with Gasteiger partial charge in [-0.3, -0.25) is 0 Å². The maximum absolute atomic E-state index is 14.2. The van der Waals surface area contributed by atoms with Gasteiger partial charge in [0.05, 0.1) is 6.10 Å². The molecule has 1 saturated heterocycles. The molecule has 1 aliphatic heterocycles. The van der Waals surface area contributed by atoms with Crippen LogP contribution in [0.1, 0.15) is 18.4 Å². The molecular formula is C19H19Cl2FN2OS. The number of hydrogen-bond acceptors (Lipinski definition) is 2. The summed E-state index contributed by atoms with van der Waals surface area (Å²) >= 11 is 17.7. The smallest absolute Gasteiger partial charge is 0.173 e. The maximum atomic E-state index is 14.2. The van der Waals surface area contributed by atoms with Crippen LogP contribution in [0, 0.1) is 5.82 Å². The van der Waals surface area contributed by atoms with Crippen LogP contribution in [-0.2, 0) is 11.3 Å². The van der Waals surface area contributed by atoms with Crippen LogP contribution in [0.3, 0.4) is 0 Å². The molecule has 138 valence electrons. The molecule has 0 aromatic heterocycles. The van der Waals surface area contributed by atoms with E-state index in [2.05, 4.69) is 5.32 Å². The zero-order valence-corrected chi connectivity index (χ0v) is 16.4. The van der Waals surface area contributed by atoms with Gasteiger partial charge in [0.25, 0.3) is 0 Å². The van der Waals surface area contributed by atoms with Gasteiger partial charge in [0, 0.05) is 41.0 Å². The first-order valence-corrected chi connectivity index (χ1v) is 9.55. The highest BCUT2D eigenvalue weighted by Gasteiger charge is 2.23. The topological polar surface area (TPSA) is 24.5 Å². The number of nitrogens with one attached hydrogen (secondary N) is 1. The molecule has 0 radical (unpaired) electrons. The molecule has 1 aliphatic rings. The molecule has 1 atom stereocenters. The van der Waals surface area contributed by atoms with E-state index in [9.17, 15) is 4.39 Å². The van der Waals surface area contributed by atoms with E-state index in [0.29, 0.717) is 27.3 Å². The summed E-state index contributed by atoms with van der Waals surface area (Å²) in [5.41, 5.74) is 1.24. The van der Waals surface area contributed by atoms with Crippen molar-refractivity contribution in [3.05, 3.63) is 63.9 Å². The molecule has 1 unspecified atom stereocenters. The van der Waals surface area contributed by atoms with Gasteiger partial charge in [0.1, 0.15) is 5.82 Å². The summed E-state index contributed by atoms with van der Waals surface area (Å²) in [5.74, 6) is -0.343. The van der Waals surface area contributed by atoms with E-state index in [1.807, 2.05) is 17.0 Å². The van der Waals surface area contributed by atoms with Gasteiger partial charge in [-0.25, -0.2) is 4.39 Å². The highest BCUT2D eigenvalue weighted by atomic mass is 35.5. The van der Waals surface area contributed by atoms with Crippen molar-refractivity contribution in [2.45, 2.75) is 25.5 Å². The average molecular weight is 413 g/mol. The van der Waals surface area contributed by atoms with Crippen molar-refractivity contribution in [1.82, 2.24) is 4.90 Å². The normalized spacial score (nSPS) is 16.5. The molecule has 1 N–H and O–H groups in total. The molecule has 1 fully saturated rings. The highest BCUT2D eigenvalue weighted by Crippen LogP contribution is 2.23. The Labute approximate surface area is 168 Å². The molecular weight excluding hydrogens is 394 g/mol. The Morgan fingerprint density at radius 3 is 2.65 bits per heavy atom. The molecule has 26 heavy (non-hydrogen) atoms. The Morgan fingerprint density at radius 2 is 2.00 bits per heavy atom. The molecule has 7 heteroatoms. The van der Waals surface area contributed by atoms with Crippen LogP contribution in [0.4, 0.5) is 10.1 Å². The van der Waals surface area contributed by atoms with Crippen molar-refractivity contribution >= 4 is 46.2 Å². The first-order chi connectivity index (χ1) is 12.5. The standard InChI is InChI=1S/C19H19Cl2FN2OS/c20-13-6-8-14(9-7-13)23-19(26)24(11-15-3-2-10-25-15)12-16-17(21)4-1-5-18(16)22/h1,4-9,15H,2-3,10-12H2,(H,23,26). The third-order valence-electron chi connectivity index (χ3n) is 4.24. The van der Waals surface area contributed by atoms with Crippen LogP contribution in [0.15, 0.2) is 42.5 Å². The summed E-state index contributed by atoms with van der Waals surface area (Å²) in [6, 6.07) is 11.9. The first kappa shape index (κ1) is 19.4. The molecule has 0 bridgehead atoms. The summed E-state index contributed by atoms with van der Waals surface area (Å²) in [4.78, 5) is 1.89. The lowest BCUT2D eigenvalue weighted by molar-refractivity contribution is 0.0903. The quantitative estimate of drug-likeness (QED) is 0.654. The fraction of sp³-hybridized carbons (Fsp3) is 0.316. The van der Waals surface area contributed by atoms with Gasteiger partial charge >= 0.3 is 0 Å². The van der Waals surface area contributed by atoms with Gasteiger partial charge in [0.15, 0.2) is 5.11 Å². The summed E-state index contributed by atoms with van der Waals surface area (Å²) in [6.07, 6.45) is 2.06. The second kappa shape index (κ2) is 9.00. The molecule has 2 aromatic carbocycles. The molecule has 0 amide bonds. The van der Waals surface area contributed by atoms with Crippen molar-refractivity contribution in [2.75, 3.05) is 18.5 Å². The minimum absolute atomic E-state index is 0.0746. The van der Waals surface area contributed by atoms with Crippen LogP contribution in [0.5, 0.6) is 0 Å². The number of rotatable bonds is 5. The predicted octanol–water partition coefficient (Wildman–Crippen LogP) is 5.51. The second-order valence-electron chi connectivity index (χ2n) is 6.15. The van der Waals surface area contributed by atoms with Gasteiger partial charge in [-0.05, 0) is 61.5 Å². The number of benzene rings is 2. The van der Waals surface area contributed by atoms with Crippen molar-refractivity contribution < 1.29 is 9.13 Å². The fourth-order valence-electron chi connectivity index (χ4n) is 2.86. The van der Waals surface area contributed by atoms with Crippen LogP contribution >= 0.6 is 35.4 Å². The Hall–Kier alpha value is -1.40. The van der Waals surface area contributed by atoms with Gasteiger partial charge in [-0.2, -0.15) is 0 Å². The third kappa shape index (κ3) is 5.07. The van der Waals surface area contributed by atoms with Gasteiger partial charge in [-0.1, -0.05) is 29.3 Å². The first-order valence-electron chi connectivity index (χ1n) is 8.39. The van der Waals surface area contributed by atoms with Crippen LogP contribution in [0.2, 0.25) is 10.0 Å². The van der Waals surface area contributed by atoms with E-state index in [1.165, 1.54) is 6.07 Å². The number of thiocarbonyl (C=S) groups is 1. The summed E-state index contributed by atoms with van der Waals surface area (Å²) < 4.78 is 20.0. The van der Waals surface area contributed by atoms with Crippen molar-refractivity contribution in [3.8, 4) is 0 Å². The van der Waals surface area contributed by atoms with Gasteiger partial charge in [-0.15, -0.1) is 0 Å². The van der Waals surface area contributed by atoms with Crippen molar-refractivity contribution in [2.24, 2.45) is 0 Å². The Morgan fingerprint density at radius 1 is 1.23 bits per heavy atom. The van der Waals surface area contributed by atoms with Gasteiger partial charge in [0.2, 0.25) is 0 Å². The number of anilines is 1. The molecule has 3 rings (SSSR count). The Bertz CT molecular complexity index is 746. The maximum Gasteiger partial charge on any atom is 0.173 e. The summed E-state index contributed by atoms with van der Waals surface area (Å²) in [7, 11) is 0. The number of halogens is 3. The van der Waals surface area contributed by atoms with E-state index in [4.69, 9.17) is 40.2 Å². The summed E-state index contributed by atoms with van der Waals surface area (Å²) in [6.45, 7) is 1.59. The largest absolute Gasteiger partial charge is 0.376 e. The number of ether oxygens (including phenoxy) is 1. The van der Waals surface area contributed by atoms with E-state index < -0.39 is 0 Å². The Balaban J connectivity index is 1.77. The zero-order valence-electron chi connectivity index (χ0n) is 14.1. The SMILES string of the molecule is Fc1cccc(Cl)c1CN(CC1CCCO1)C(=S)Nc1ccc(Cl)cc1. The van der Waals surface area contributed by atoms with E-state index in [0.717, 1.165) is 25.1 Å². The van der Waals surface area contributed by atoms with E-state index >= 15 is 0 Å². The highest BCUT2D eigenvalue weighted by molar-refractivity contribution is 7.80. The molecule has 0 spiro atoms. The van der Waals surface area contributed by atoms with Crippen LogP contribution < -0.4 is 5.32 Å². The number of nitrogens with zero attached hydrogens (tertiary/aromatic N) is 1. The minimum Gasteiger partial charge on any atom is -0.376 e.